The molecule has 3 nitrogen and oxygen atoms in total. The molecular formula is C12H9FO3S. The van der Waals surface area contributed by atoms with E-state index in [2.05, 4.69) is 0 Å². The van der Waals surface area contributed by atoms with Crippen LogP contribution in [0.15, 0.2) is 53.4 Å². The van der Waals surface area contributed by atoms with Crippen molar-refractivity contribution in [2.45, 2.75) is 4.90 Å². The third-order valence-corrected chi connectivity index (χ3v) is 2.82. The molecule has 17 heavy (non-hydrogen) atoms. The highest BCUT2D eigenvalue weighted by molar-refractivity contribution is 7.72. The highest BCUT2D eigenvalue weighted by atomic mass is 32.2. The van der Waals surface area contributed by atoms with E-state index in [0.717, 1.165) is 0 Å². The summed E-state index contributed by atoms with van der Waals surface area (Å²) in [6.07, 6.45) is 0. The first kappa shape index (κ1) is 11.6. The second kappa shape index (κ2) is 4.97. The fraction of sp³-hybridized carbons (Fsp3) is 0. The highest BCUT2D eigenvalue weighted by Gasteiger charge is 1.99. The van der Waals surface area contributed by atoms with Crippen LogP contribution in [0.2, 0.25) is 0 Å². The largest absolute Gasteiger partial charge is 0.457 e. The molecule has 0 amide bonds. The molecule has 5 heteroatoms. The van der Waals surface area contributed by atoms with Gasteiger partial charge in [-0.1, -0.05) is 0 Å². The summed E-state index contributed by atoms with van der Waals surface area (Å²) in [5.41, 5.74) is 0. The van der Waals surface area contributed by atoms with Gasteiger partial charge in [0.25, 0.3) is 0 Å². The van der Waals surface area contributed by atoms with Crippen molar-refractivity contribution in [3.8, 4) is 11.5 Å². The predicted molar refractivity (Wildman–Crippen MR) is 61.5 cm³/mol. The van der Waals surface area contributed by atoms with Crippen molar-refractivity contribution in [2.24, 2.45) is 0 Å². The number of hydrogen-bond donors (Lipinski definition) is 1. The molecule has 0 aliphatic heterocycles. The lowest BCUT2D eigenvalue weighted by Gasteiger charge is -2.05. The molecule has 2 aromatic rings. The molecule has 0 N–H and O–H groups in total. The quantitative estimate of drug-likeness (QED) is 0.854. The van der Waals surface area contributed by atoms with Gasteiger partial charge in [-0.2, -0.15) is 0 Å². The lowest BCUT2D eigenvalue weighted by Crippen LogP contribution is -1.85. The first-order valence-electron chi connectivity index (χ1n) is 4.83. The Morgan fingerprint density at radius 2 is 1.29 bits per heavy atom. The number of halogens is 1. The summed E-state index contributed by atoms with van der Waals surface area (Å²) in [6.45, 7) is 0. The molecule has 88 valence electrons. The molecular weight excluding hydrogens is 243 g/mol. The molecule has 0 bridgehead atoms. The molecule has 0 atom stereocenters. The van der Waals surface area contributed by atoms with E-state index in [1.807, 2.05) is 0 Å². The second-order valence-electron chi connectivity index (χ2n) is 3.31. The van der Waals surface area contributed by atoms with E-state index < -0.39 is 10.7 Å². The minimum absolute atomic E-state index is 0.228. The van der Waals surface area contributed by atoms with E-state index in [1.165, 1.54) is 36.4 Å². The van der Waals surface area contributed by atoms with Crippen LogP contribution in [0.25, 0.3) is 0 Å². The van der Waals surface area contributed by atoms with Crippen molar-refractivity contribution >= 4 is 10.7 Å². The summed E-state index contributed by atoms with van der Waals surface area (Å²) < 4.78 is 39.4. The third kappa shape index (κ3) is 3.04. The maximum atomic E-state index is 12.6. The van der Waals surface area contributed by atoms with Gasteiger partial charge < -0.3 is 4.74 Å². The molecule has 0 saturated heterocycles. The molecule has 2 aromatic carbocycles. The lowest BCUT2D eigenvalue weighted by atomic mass is 10.3. The maximum Gasteiger partial charge on any atom is 0.168 e. The Bertz CT molecular complexity index is 566. The smallest absolute Gasteiger partial charge is 0.168 e. The van der Waals surface area contributed by atoms with Crippen LogP contribution in [-0.4, -0.2) is 8.42 Å². The maximum absolute atomic E-state index is 12.6. The van der Waals surface area contributed by atoms with E-state index in [9.17, 15) is 12.8 Å². The standard InChI is InChI=1S/C12H9FO3S/c13-9-1-3-10(4-2-9)16-11-5-7-12(8-6-11)17(14)15/h1-8,17H. The van der Waals surface area contributed by atoms with E-state index in [-0.39, 0.29) is 10.7 Å². The minimum atomic E-state index is -2.58. The Balaban J connectivity index is 2.16. The Hall–Kier alpha value is -1.88. The summed E-state index contributed by atoms with van der Waals surface area (Å²) >= 11 is 0. The van der Waals surface area contributed by atoms with Crippen LogP contribution in [0.4, 0.5) is 4.39 Å². The van der Waals surface area contributed by atoms with Gasteiger partial charge in [0.2, 0.25) is 0 Å². The Morgan fingerprint density at radius 3 is 1.76 bits per heavy atom. The van der Waals surface area contributed by atoms with E-state index in [1.54, 1.807) is 12.1 Å². The molecule has 0 unspecified atom stereocenters. The van der Waals surface area contributed by atoms with Crippen molar-refractivity contribution in [1.29, 1.82) is 0 Å². The molecule has 0 aliphatic rings. The first-order chi connectivity index (χ1) is 8.15. The van der Waals surface area contributed by atoms with Gasteiger partial charge in [0, 0.05) is 0 Å². The summed E-state index contributed by atoms with van der Waals surface area (Å²) in [6, 6.07) is 11.6. The van der Waals surface area contributed by atoms with E-state index >= 15 is 0 Å². The first-order valence-corrected chi connectivity index (χ1v) is 6.01. The van der Waals surface area contributed by atoms with Gasteiger partial charge in [0.15, 0.2) is 10.7 Å². The van der Waals surface area contributed by atoms with Crippen LogP contribution < -0.4 is 4.74 Å². The van der Waals surface area contributed by atoms with Crippen LogP contribution in [-0.2, 0) is 10.7 Å². The Labute approximate surface area is 99.4 Å². The average molecular weight is 252 g/mol. The molecule has 0 fully saturated rings. The van der Waals surface area contributed by atoms with Gasteiger partial charge in [0.1, 0.15) is 17.3 Å². The van der Waals surface area contributed by atoms with Crippen LogP contribution in [0.3, 0.4) is 0 Å². The topological polar surface area (TPSA) is 43.4 Å². The lowest BCUT2D eigenvalue weighted by molar-refractivity contribution is 0.480. The summed E-state index contributed by atoms with van der Waals surface area (Å²) in [5.74, 6) is 0.652. The van der Waals surface area contributed by atoms with Crippen molar-refractivity contribution in [3.63, 3.8) is 0 Å². The zero-order valence-corrected chi connectivity index (χ0v) is 9.56. The Kier molecular flexibility index (Phi) is 3.39. The number of thiol groups is 1. The second-order valence-corrected chi connectivity index (χ2v) is 4.34. The number of hydrogen-bond acceptors (Lipinski definition) is 3. The van der Waals surface area contributed by atoms with Gasteiger partial charge in [-0.05, 0) is 48.5 Å². The average Bonchev–Trinajstić information content (AvgIpc) is 2.33. The fourth-order valence-electron chi connectivity index (χ4n) is 1.27. The molecule has 2 rings (SSSR count). The molecule has 0 spiro atoms. The summed E-state index contributed by atoms with van der Waals surface area (Å²) in [5, 5.41) is 0. The number of benzene rings is 2. The van der Waals surface area contributed by atoms with Gasteiger partial charge in [-0.15, -0.1) is 0 Å². The van der Waals surface area contributed by atoms with Gasteiger partial charge in [-0.25, -0.2) is 12.8 Å². The minimum Gasteiger partial charge on any atom is -0.457 e. The molecule has 0 aromatic heterocycles. The number of rotatable bonds is 3. The SMILES string of the molecule is O=[SH](=O)c1ccc(Oc2ccc(F)cc2)cc1. The number of ether oxygens (including phenoxy) is 1. The highest BCUT2D eigenvalue weighted by Crippen LogP contribution is 2.21. The summed E-state index contributed by atoms with van der Waals surface area (Å²) in [4.78, 5) is 0.228. The molecule has 0 aliphatic carbocycles. The third-order valence-electron chi connectivity index (χ3n) is 2.10. The monoisotopic (exact) mass is 252 g/mol. The fourth-order valence-corrected chi connectivity index (χ4v) is 1.67. The zero-order chi connectivity index (χ0) is 12.3. The van der Waals surface area contributed by atoms with Crippen molar-refractivity contribution in [3.05, 3.63) is 54.3 Å². The van der Waals surface area contributed by atoms with Gasteiger partial charge in [0.05, 0.1) is 4.90 Å². The van der Waals surface area contributed by atoms with Crippen molar-refractivity contribution in [2.75, 3.05) is 0 Å². The van der Waals surface area contributed by atoms with Crippen LogP contribution in [0.5, 0.6) is 11.5 Å². The normalized spacial score (nSPS) is 10.5. The zero-order valence-electron chi connectivity index (χ0n) is 8.67. The molecule has 0 radical (unpaired) electrons. The van der Waals surface area contributed by atoms with Crippen molar-refractivity contribution < 1.29 is 17.5 Å². The van der Waals surface area contributed by atoms with E-state index in [0.29, 0.717) is 11.5 Å². The van der Waals surface area contributed by atoms with E-state index in [4.69, 9.17) is 4.74 Å². The van der Waals surface area contributed by atoms with Crippen LogP contribution >= 0.6 is 0 Å². The van der Waals surface area contributed by atoms with Crippen molar-refractivity contribution in [1.82, 2.24) is 0 Å². The molecule has 0 heterocycles. The molecule has 0 saturated carbocycles. The van der Waals surface area contributed by atoms with Gasteiger partial charge >= 0.3 is 0 Å². The van der Waals surface area contributed by atoms with Crippen LogP contribution in [0.1, 0.15) is 0 Å². The van der Waals surface area contributed by atoms with Crippen LogP contribution in [0, 0.1) is 5.82 Å². The predicted octanol–water partition coefficient (Wildman–Crippen LogP) is 2.59. The van der Waals surface area contributed by atoms with Gasteiger partial charge in [-0.3, -0.25) is 0 Å². The Morgan fingerprint density at radius 1 is 0.824 bits per heavy atom. The summed E-state index contributed by atoms with van der Waals surface area (Å²) in [7, 11) is -2.58.